The molecule has 0 saturated heterocycles. The van der Waals surface area contributed by atoms with E-state index < -0.39 is 0 Å². The van der Waals surface area contributed by atoms with Crippen LogP contribution in [0.4, 0.5) is 0 Å². The Bertz CT molecular complexity index is 3050. The van der Waals surface area contributed by atoms with Gasteiger partial charge in [0.25, 0.3) is 0 Å². The van der Waals surface area contributed by atoms with Gasteiger partial charge in [0, 0.05) is 33.4 Å². The summed E-state index contributed by atoms with van der Waals surface area (Å²) in [7, 11) is 0. The van der Waals surface area contributed by atoms with Gasteiger partial charge in [-0.15, -0.1) is 0 Å². The molecule has 0 atom stereocenters. The van der Waals surface area contributed by atoms with Crippen molar-refractivity contribution in [2.75, 3.05) is 0 Å². The monoisotopic (exact) mass is 767 g/mol. The number of fused-ring (bicyclic) bond motifs is 1. The first-order chi connectivity index (χ1) is 29.6. The Morgan fingerprint density at radius 1 is 0.267 bits per heavy atom. The molecule has 0 spiro atoms. The van der Waals surface area contributed by atoms with Crippen LogP contribution >= 0.6 is 0 Å². The van der Waals surface area contributed by atoms with Gasteiger partial charge in [0.05, 0.1) is 11.6 Å². The van der Waals surface area contributed by atoms with Crippen LogP contribution in [0.25, 0.3) is 101 Å². The molecule has 60 heavy (non-hydrogen) atoms. The highest BCUT2D eigenvalue weighted by Gasteiger charge is 2.18. The van der Waals surface area contributed by atoms with E-state index in [9.17, 15) is 5.26 Å². The highest BCUT2D eigenvalue weighted by atomic mass is 15.0. The molecular weight excluding hydrogens is 735 g/mol. The van der Waals surface area contributed by atoms with Crippen LogP contribution < -0.4 is 0 Å². The first kappa shape index (κ1) is 35.9. The fraction of sp³-hybridized carbons (Fsp3) is 0. The van der Waals surface area contributed by atoms with Gasteiger partial charge >= 0.3 is 0 Å². The molecule has 0 N–H and O–H groups in total. The third-order valence-corrected chi connectivity index (χ3v) is 10.4. The van der Waals surface area contributed by atoms with Gasteiger partial charge in [-0.2, -0.15) is 5.26 Å². The first-order valence-electron chi connectivity index (χ1n) is 19.6. The number of aromatic nitrogens is 6. The molecule has 8 aromatic carbocycles. The van der Waals surface area contributed by atoms with Crippen molar-refractivity contribution in [2.24, 2.45) is 0 Å². The number of nitriles is 1. The minimum Gasteiger partial charge on any atom is -0.208 e. The quantitative estimate of drug-likeness (QED) is 0.152. The van der Waals surface area contributed by atoms with Crippen molar-refractivity contribution >= 4 is 10.8 Å². The fourth-order valence-corrected chi connectivity index (χ4v) is 7.30. The van der Waals surface area contributed by atoms with E-state index in [0.717, 1.165) is 66.4 Å². The molecule has 7 heteroatoms. The Morgan fingerprint density at radius 2 is 0.617 bits per heavy atom. The largest absolute Gasteiger partial charge is 0.208 e. The van der Waals surface area contributed by atoms with E-state index in [2.05, 4.69) is 60.7 Å². The van der Waals surface area contributed by atoms with Crippen LogP contribution in [0, 0.1) is 11.3 Å². The zero-order chi connectivity index (χ0) is 40.3. The van der Waals surface area contributed by atoms with Gasteiger partial charge in [-0.3, -0.25) is 0 Å². The van der Waals surface area contributed by atoms with Crippen molar-refractivity contribution in [3.05, 3.63) is 206 Å². The van der Waals surface area contributed by atoms with Crippen LogP contribution in [-0.4, -0.2) is 29.9 Å². The van der Waals surface area contributed by atoms with Crippen LogP contribution in [0.3, 0.4) is 0 Å². The Hall–Kier alpha value is -8.47. The standard InChI is InChI=1S/C53H33N7/c54-34-35-21-23-37(24-22-35)46-32-44-30-29-43(31-45(44)33-47(46)53-59-50(40-17-9-3-10-18-40)58-51(60-53)41-19-11-4-12-20-41)36-25-27-42(28-26-36)52-56-48(38-13-5-1-6-14-38)55-49(57-52)39-15-7-2-8-16-39/h1-33H. The topological polar surface area (TPSA) is 101 Å². The number of benzene rings is 8. The maximum atomic E-state index is 9.57. The molecule has 10 rings (SSSR count). The first-order valence-corrected chi connectivity index (χ1v) is 19.6. The molecule has 0 bridgehead atoms. The van der Waals surface area contributed by atoms with E-state index >= 15 is 0 Å². The van der Waals surface area contributed by atoms with E-state index in [-0.39, 0.29) is 0 Å². The average molecular weight is 768 g/mol. The summed E-state index contributed by atoms with van der Waals surface area (Å²) >= 11 is 0. The summed E-state index contributed by atoms with van der Waals surface area (Å²) in [6.07, 6.45) is 0. The van der Waals surface area contributed by atoms with Gasteiger partial charge in [0.15, 0.2) is 34.9 Å². The summed E-state index contributed by atoms with van der Waals surface area (Å²) in [4.78, 5) is 29.8. The summed E-state index contributed by atoms with van der Waals surface area (Å²) in [6.45, 7) is 0. The van der Waals surface area contributed by atoms with Gasteiger partial charge in [-0.1, -0.05) is 170 Å². The minimum absolute atomic E-state index is 0.556. The van der Waals surface area contributed by atoms with Gasteiger partial charge < -0.3 is 0 Å². The lowest BCUT2D eigenvalue weighted by Gasteiger charge is -2.14. The highest BCUT2D eigenvalue weighted by molar-refractivity contribution is 5.97. The Kier molecular flexibility index (Phi) is 9.47. The number of rotatable bonds is 8. The van der Waals surface area contributed by atoms with Crippen LogP contribution in [0.1, 0.15) is 5.56 Å². The summed E-state index contributed by atoms with van der Waals surface area (Å²) < 4.78 is 0. The van der Waals surface area contributed by atoms with E-state index in [0.29, 0.717) is 40.5 Å². The molecular formula is C53H33N7. The third-order valence-electron chi connectivity index (χ3n) is 10.4. The second-order valence-electron chi connectivity index (χ2n) is 14.3. The number of nitrogens with zero attached hydrogens (tertiary/aromatic N) is 7. The lowest BCUT2D eigenvalue weighted by Crippen LogP contribution is -2.01. The van der Waals surface area contributed by atoms with E-state index in [1.165, 1.54) is 0 Å². The van der Waals surface area contributed by atoms with E-state index in [1.54, 1.807) is 0 Å². The van der Waals surface area contributed by atoms with Crippen molar-refractivity contribution in [3.8, 4) is 96.7 Å². The van der Waals surface area contributed by atoms with Gasteiger partial charge in [0.1, 0.15) is 0 Å². The molecule has 0 aliphatic rings. The van der Waals surface area contributed by atoms with Crippen molar-refractivity contribution in [3.63, 3.8) is 0 Å². The Morgan fingerprint density at radius 3 is 1.05 bits per heavy atom. The summed E-state index contributed by atoms with van der Waals surface area (Å²) in [5.74, 6) is 3.59. The van der Waals surface area contributed by atoms with Gasteiger partial charge in [-0.05, 0) is 63.4 Å². The SMILES string of the molecule is N#Cc1ccc(-c2cc3ccc(-c4ccc(-c5nc(-c6ccccc6)nc(-c6ccccc6)n5)cc4)cc3cc2-c2nc(-c3ccccc3)nc(-c3ccccc3)n2)cc1. The van der Waals surface area contributed by atoms with Crippen LogP contribution in [-0.2, 0) is 0 Å². The van der Waals surface area contributed by atoms with Crippen molar-refractivity contribution in [1.29, 1.82) is 5.26 Å². The van der Waals surface area contributed by atoms with Crippen LogP contribution in [0.15, 0.2) is 200 Å². The lowest BCUT2D eigenvalue weighted by atomic mass is 9.92. The molecule has 10 aromatic rings. The van der Waals surface area contributed by atoms with Gasteiger partial charge in [0.2, 0.25) is 0 Å². The maximum Gasteiger partial charge on any atom is 0.164 e. The predicted octanol–water partition coefficient (Wildman–Crippen LogP) is 12.4. The predicted molar refractivity (Wildman–Crippen MR) is 239 cm³/mol. The maximum absolute atomic E-state index is 9.57. The van der Waals surface area contributed by atoms with Crippen molar-refractivity contribution in [1.82, 2.24) is 29.9 Å². The molecule has 2 heterocycles. The second kappa shape index (κ2) is 15.8. The van der Waals surface area contributed by atoms with E-state index in [1.807, 2.05) is 146 Å². The smallest absolute Gasteiger partial charge is 0.164 e. The van der Waals surface area contributed by atoms with Crippen LogP contribution in [0.5, 0.6) is 0 Å². The van der Waals surface area contributed by atoms with Crippen LogP contribution in [0.2, 0.25) is 0 Å². The zero-order valence-corrected chi connectivity index (χ0v) is 32.2. The summed E-state index contributed by atoms with van der Waals surface area (Å²) in [5, 5.41) is 11.7. The number of hydrogen-bond acceptors (Lipinski definition) is 7. The number of hydrogen-bond donors (Lipinski definition) is 0. The lowest BCUT2D eigenvalue weighted by molar-refractivity contribution is 1.07. The molecule has 0 aliphatic heterocycles. The zero-order valence-electron chi connectivity index (χ0n) is 32.2. The highest BCUT2D eigenvalue weighted by Crippen LogP contribution is 2.38. The molecule has 0 aliphatic carbocycles. The summed E-state index contributed by atoms with van der Waals surface area (Å²) in [5.41, 5.74) is 10.0. The molecule has 0 unspecified atom stereocenters. The fourth-order valence-electron chi connectivity index (χ4n) is 7.30. The second-order valence-corrected chi connectivity index (χ2v) is 14.3. The Labute approximate surface area is 347 Å². The molecule has 0 fully saturated rings. The molecule has 2 aromatic heterocycles. The van der Waals surface area contributed by atoms with Crippen molar-refractivity contribution in [2.45, 2.75) is 0 Å². The normalized spacial score (nSPS) is 11.0. The van der Waals surface area contributed by atoms with E-state index in [4.69, 9.17) is 29.9 Å². The molecule has 280 valence electrons. The minimum atomic E-state index is 0.556. The summed E-state index contributed by atoms with van der Waals surface area (Å²) in [6, 6.07) is 69.1. The molecule has 0 saturated carbocycles. The molecule has 7 nitrogen and oxygen atoms in total. The average Bonchev–Trinajstić information content (AvgIpc) is 3.34. The molecule has 0 radical (unpaired) electrons. The van der Waals surface area contributed by atoms with Gasteiger partial charge in [-0.25, -0.2) is 29.9 Å². The Balaban J connectivity index is 1.08. The van der Waals surface area contributed by atoms with Crippen molar-refractivity contribution < 1.29 is 0 Å². The molecule has 0 amide bonds. The third kappa shape index (κ3) is 7.29.